The maximum absolute atomic E-state index is 8.74. The van der Waals surface area contributed by atoms with Gasteiger partial charge in [0.25, 0.3) is 0 Å². The quantitative estimate of drug-likeness (QED) is 0.758. The summed E-state index contributed by atoms with van der Waals surface area (Å²) in [5, 5.41) is 17.5. The first-order chi connectivity index (χ1) is 8.69. The third-order valence-electron chi connectivity index (χ3n) is 2.28. The summed E-state index contributed by atoms with van der Waals surface area (Å²) in [6.07, 6.45) is 1.43. The summed E-state index contributed by atoms with van der Waals surface area (Å²) in [6.45, 7) is 0. The minimum atomic E-state index is -0.0134. The van der Waals surface area contributed by atoms with Crippen LogP contribution in [0.1, 0.15) is 5.56 Å². The predicted octanol–water partition coefficient (Wildman–Crippen LogP) is 2.14. The topological polar surface area (TPSA) is 75.3 Å². The normalized spacial score (nSPS) is 8.72. The molecule has 0 amide bonds. The van der Waals surface area contributed by atoms with Gasteiger partial charge in [0.05, 0.1) is 21.3 Å². The first kappa shape index (κ1) is 13.4. The van der Waals surface area contributed by atoms with Crippen molar-refractivity contribution in [3.8, 4) is 29.4 Å². The van der Waals surface area contributed by atoms with Crippen LogP contribution in [0.5, 0.6) is 17.2 Å². The zero-order valence-corrected chi connectivity index (χ0v) is 10.4. The molecule has 0 radical (unpaired) electrons. The fraction of sp³-hybridized carbons (Fsp3) is 0.231. The Morgan fingerprint density at radius 3 is 1.89 bits per heavy atom. The standard InChI is InChI=1S/C13H12N2O3/c1-16-11-6-13(18-3)12(17-2)5-10(11)4-9(7-14)8-15/h4-6H,1-3H3. The molecule has 5 heteroatoms. The monoisotopic (exact) mass is 244 g/mol. The van der Waals surface area contributed by atoms with Gasteiger partial charge in [-0.25, -0.2) is 0 Å². The Balaban J connectivity index is 3.40. The van der Waals surface area contributed by atoms with Crippen molar-refractivity contribution >= 4 is 6.08 Å². The Morgan fingerprint density at radius 2 is 1.44 bits per heavy atom. The second kappa shape index (κ2) is 6.17. The summed E-state index contributed by atoms with van der Waals surface area (Å²) in [4.78, 5) is 0. The molecule has 0 N–H and O–H groups in total. The molecule has 0 aliphatic heterocycles. The molecule has 0 atom stereocenters. The second-order valence-corrected chi connectivity index (χ2v) is 3.23. The van der Waals surface area contributed by atoms with E-state index in [9.17, 15) is 0 Å². The summed E-state index contributed by atoms with van der Waals surface area (Å²) in [6, 6.07) is 6.86. The van der Waals surface area contributed by atoms with E-state index < -0.39 is 0 Å². The molecule has 5 nitrogen and oxygen atoms in total. The van der Waals surface area contributed by atoms with E-state index in [0.717, 1.165) is 0 Å². The van der Waals surface area contributed by atoms with Gasteiger partial charge >= 0.3 is 0 Å². The lowest BCUT2D eigenvalue weighted by Crippen LogP contribution is -1.94. The highest BCUT2D eigenvalue weighted by atomic mass is 16.5. The summed E-state index contributed by atoms with van der Waals surface area (Å²) in [5.41, 5.74) is 0.564. The SMILES string of the molecule is COc1cc(OC)c(OC)cc1C=C(C#N)C#N. The summed E-state index contributed by atoms with van der Waals surface area (Å²) in [7, 11) is 4.52. The smallest absolute Gasteiger partial charge is 0.164 e. The molecule has 0 unspecified atom stereocenters. The Kier molecular flexibility index (Phi) is 4.59. The Hall–Kier alpha value is -2.66. The van der Waals surface area contributed by atoms with E-state index >= 15 is 0 Å². The van der Waals surface area contributed by atoms with Gasteiger partial charge in [-0.05, 0) is 12.1 Å². The number of ether oxygens (including phenoxy) is 3. The average Bonchev–Trinajstić information content (AvgIpc) is 2.43. The van der Waals surface area contributed by atoms with Crippen molar-refractivity contribution in [2.24, 2.45) is 0 Å². The zero-order valence-electron chi connectivity index (χ0n) is 10.4. The fourth-order valence-electron chi connectivity index (χ4n) is 1.41. The first-order valence-corrected chi connectivity index (χ1v) is 5.02. The number of hydrogen-bond acceptors (Lipinski definition) is 5. The lowest BCUT2D eigenvalue weighted by molar-refractivity contribution is 0.348. The molecule has 0 aliphatic rings. The van der Waals surface area contributed by atoms with Crippen LogP contribution < -0.4 is 14.2 Å². The van der Waals surface area contributed by atoms with Gasteiger partial charge in [-0.2, -0.15) is 10.5 Å². The zero-order chi connectivity index (χ0) is 13.5. The van der Waals surface area contributed by atoms with Crippen molar-refractivity contribution in [2.45, 2.75) is 0 Å². The average molecular weight is 244 g/mol. The summed E-state index contributed by atoms with van der Waals surface area (Å²) in [5.74, 6) is 1.51. The predicted molar refractivity (Wildman–Crippen MR) is 65.3 cm³/mol. The minimum Gasteiger partial charge on any atom is -0.496 e. The van der Waals surface area contributed by atoms with Crippen LogP contribution in [0.2, 0.25) is 0 Å². The van der Waals surface area contributed by atoms with Crippen LogP contribution in [0.25, 0.3) is 6.08 Å². The van der Waals surface area contributed by atoms with Crippen LogP contribution in [-0.4, -0.2) is 21.3 Å². The second-order valence-electron chi connectivity index (χ2n) is 3.23. The van der Waals surface area contributed by atoms with E-state index in [1.165, 1.54) is 27.4 Å². The van der Waals surface area contributed by atoms with Gasteiger partial charge in [0, 0.05) is 11.6 Å². The van der Waals surface area contributed by atoms with Crippen LogP contribution in [-0.2, 0) is 0 Å². The number of allylic oxidation sites excluding steroid dienone is 1. The van der Waals surface area contributed by atoms with Crippen molar-refractivity contribution in [1.29, 1.82) is 10.5 Å². The van der Waals surface area contributed by atoms with E-state index in [0.29, 0.717) is 22.8 Å². The number of nitriles is 2. The van der Waals surface area contributed by atoms with Gasteiger partial charge in [0.15, 0.2) is 11.5 Å². The van der Waals surface area contributed by atoms with Crippen LogP contribution in [0.4, 0.5) is 0 Å². The summed E-state index contributed by atoms with van der Waals surface area (Å²) < 4.78 is 15.5. The number of nitrogens with zero attached hydrogens (tertiary/aromatic N) is 2. The van der Waals surface area contributed by atoms with Gasteiger partial charge in [0.2, 0.25) is 0 Å². The molecule has 1 aromatic carbocycles. The van der Waals surface area contributed by atoms with Crippen LogP contribution in [0.3, 0.4) is 0 Å². The van der Waals surface area contributed by atoms with Crippen molar-refractivity contribution in [3.05, 3.63) is 23.3 Å². The molecule has 0 bridgehead atoms. The van der Waals surface area contributed by atoms with Crippen LogP contribution in [0, 0.1) is 22.7 Å². The molecule has 92 valence electrons. The van der Waals surface area contributed by atoms with Gasteiger partial charge < -0.3 is 14.2 Å². The highest BCUT2D eigenvalue weighted by Gasteiger charge is 2.11. The molecule has 1 rings (SSSR count). The molecule has 0 heterocycles. The highest BCUT2D eigenvalue weighted by Crippen LogP contribution is 2.35. The third kappa shape index (κ3) is 2.72. The summed E-state index contributed by atoms with van der Waals surface area (Å²) >= 11 is 0. The number of hydrogen-bond donors (Lipinski definition) is 0. The van der Waals surface area contributed by atoms with E-state index in [4.69, 9.17) is 24.7 Å². The van der Waals surface area contributed by atoms with Crippen LogP contribution >= 0.6 is 0 Å². The highest BCUT2D eigenvalue weighted by molar-refractivity contribution is 5.69. The third-order valence-corrected chi connectivity index (χ3v) is 2.28. The molecule has 0 saturated heterocycles. The molecule has 0 spiro atoms. The Morgan fingerprint density at radius 1 is 0.944 bits per heavy atom. The first-order valence-electron chi connectivity index (χ1n) is 5.02. The largest absolute Gasteiger partial charge is 0.496 e. The lowest BCUT2D eigenvalue weighted by atomic mass is 10.1. The maximum atomic E-state index is 8.74. The molecule has 0 fully saturated rings. The number of rotatable bonds is 4. The van der Waals surface area contributed by atoms with Gasteiger partial charge in [-0.15, -0.1) is 0 Å². The molecule has 0 aliphatic carbocycles. The number of benzene rings is 1. The van der Waals surface area contributed by atoms with Gasteiger partial charge in [-0.3, -0.25) is 0 Å². The molecule has 1 aromatic rings. The Bertz CT molecular complexity index is 535. The van der Waals surface area contributed by atoms with Crippen LogP contribution in [0.15, 0.2) is 17.7 Å². The van der Waals surface area contributed by atoms with Crippen molar-refractivity contribution in [2.75, 3.05) is 21.3 Å². The van der Waals surface area contributed by atoms with E-state index in [-0.39, 0.29) is 5.57 Å². The molecule has 0 saturated carbocycles. The van der Waals surface area contributed by atoms with E-state index in [2.05, 4.69) is 0 Å². The minimum absolute atomic E-state index is 0.0134. The van der Waals surface area contributed by atoms with Crippen molar-refractivity contribution in [1.82, 2.24) is 0 Å². The van der Waals surface area contributed by atoms with E-state index in [1.54, 1.807) is 24.3 Å². The van der Waals surface area contributed by atoms with Gasteiger partial charge in [-0.1, -0.05) is 0 Å². The molecule has 18 heavy (non-hydrogen) atoms. The lowest BCUT2D eigenvalue weighted by Gasteiger charge is -2.11. The maximum Gasteiger partial charge on any atom is 0.164 e. The van der Waals surface area contributed by atoms with Crippen molar-refractivity contribution < 1.29 is 14.2 Å². The molecule has 0 aromatic heterocycles. The van der Waals surface area contributed by atoms with Gasteiger partial charge in [0.1, 0.15) is 23.5 Å². The molecular formula is C13H12N2O3. The number of methoxy groups -OCH3 is 3. The fourth-order valence-corrected chi connectivity index (χ4v) is 1.41. The van der Waals surface area contributed by atoms with Crippen molar-refractivity contribution in [3.63, 3.8) is 0 Å². The Labute approximate surface area is 105 Å². The molecular weight excluding hydrogens is 232 g/mol. The van der Waals surface area contributed by atoms with E-state index in [1.807, 2.05) is 0 Å².